The molecule has 3 nitrogen and oxygen atoms in total. The Morgan fingerprint density at radius 1 is 1.00 bits per heavy atom. The fourth-order valence-corrected chi connectivity index (χ4v) is 2.88. The number of anilines is 1. The minimum atomic E-state index is -3.90. The first-order valence-electron chi connectivity index (χ1n) is 6.37. The fraction of sp³-hybridized carbons (Fsp3) is 0.200. The molecule has 1 N–H and O–H groups in total. The average Bonchev–Trinajstić information content (AvgIpc) is 2.42. The molecule has 2 aromatic rings. The summed E-state index contributed by atoms with van der Waals surface area (Å²) in [6.07, 6.45) is 0. The molecule has 0 aromatic heterocycles. The highest BCUT2D eigenvalue weighted by molar-refractivity contribution is 7.92. The van der Waals surface area contributed by atoms with Gasteiger partial charge in [0.15, 0.2) is 0 Å². The molecule has 0 aliphatic carbocycles. The van der Waals surface area contributed by atoms with Crippen LogP contribution in [0.15, 0.2) is 47.4 Å². The van der Waals surface area contributed by atoms with Crippen molar-refractivity contribution in [1.82, 2.24) is 0 Å². The number of hydrogen-bond acceptors (Lipinski definition) is 2. The van der Waals surface area contributed by atoms with Gasteiger partial charge < -0.3 is 0 Å². The van der Waals surface area contributed by atoms with Crippen molar-refractivity contribution in [3.05, 3.63) is 59.7 Å². The predicted molar refractivity (Wildman–Crippen MR) is 77.7 cm³/mol. The Kier molecular flexibility index (Phi) is 4.27. The van der Waals surface area contributed by atoms with Gasteiger partial charge in [-0.1, -0.05) is 26.0 Å². The summed E-state index contributed by atoms with van der Waals surface area (Å²) in [5.74, 6) is -1.45. The van der Waals surface area contributed by atoms with E-state index in [4.69, 9.17) is 0 Å². The second-order valence-electron chi connectivity index (χ2n) is 4.95. The third-order valence-corrected chi connectivity index (χ3v) is 4.41. The molecule has 2 rings (SSSR count). The lowest BCUT2D eigenvalue weighted by Crippen LogP contribution is -2.14. The van der Waals surface area contributed by atoms with Crippen molar-refractivity contribution in [2.75, 3.05) is 4.72 Å². The van der Waals surface area contributed by atoms with E-state index in [-0.39, 0.29) is 16.5 Å². The van der Waals surface area contributed by atoms with Crippen LogP contribution in [0.25, 0.3) is 0 Å². The van der Waals surface area contributed by atoms with Gasteiger partial charge in [0.05, 0.1) is 10.6 Å². The van der Waals surface area contributed by atoms with Crippen LogP contribution in [0.1, 0.15) is 25.3 Å². The van der Waals surface area contributed by atoms with E-state index in [0.29, 0.717) is 6.07 Å². The Morgan fingerprint density at radius 2 is 1.62 bits per heavy atom. The molecule has 0 aliphatic heterocycles. The zero-order valence-corrected chi connectivity index (χ0v) is 12.4. The molecule has 0 spiro atoms. The third kappa shape index (κ3) is 3.58. The van der Waals surface area contributed by atoms with E-state index < -0.39 is 21.7 Å². The summed E-state index contributed by atoms with van der Waals surface area (Å²) in [5, 5.41) is 0. The Labute approximate surface area is 122 Å². The molecule has 0 aliphatic rings. The minimum absolute atomic E-state index is 0.0237. The van der Waals surface area contributed by atoms with Crippen LogP contribution in [0.5, 0.6) is 0 Å². The van der Waals surface area contributed by atoms with Crippen LogP contribution in [-0.2, 0) is 10.0 Å². The van der Waals surface area contributed by atoms with Crippen molar-refractivity contribution < 1.29 is 17.2 Å². The van der Waals surface area contributed by atoms with E-state index in [1.807, 2.05) is 13.8 Å². The molecular formula is C15H15F2NO2S. The molecule has 2 aromatic carbocycles. The summed E-state index contributed by atoms with van der Waals surface area (Å²) in [7, 11) is -3.90. The van der Waals surface area contributed by atoms with Crippen molar-refractivity contribution in [3.8, 4) is 0 Å². The van der Waals surface area contributed by atoms with Crippen molar-refractivity contribution in [3.63, 3.8) is 0 Å². The number of benzene rings is 2. The van der Waals surface area contributed by atoms with E-state index in [1.165, 1.54) is 12.1 Å². The van der Waals surface area contributed by atoms with Gasteiger partial charge >= 0.3 is 0 Å². The summed E-state index contributed by atoms with van der Waals surface area (Å²) < 4.78 is 52.7. The van der Waals surface area contributed by atoms with Crippen LogP contribution in [0.3, 0.4) is 0 Å². The molecule has 0 bridgehead atoms. The molecule has 0 heterocycles. The summed E-state index contributed by atoms with van der Waals surface area (Å²) in [6.45, 7) is 3.99. The van der Waals surface area contributed by atoms with E-state index in [9.17, 15) is 17.2 Å². The van der Waals surface area contributed by atoms with Crippen molar-refractivity contribution in [2.45, 2.75) is 24.7 Å². The second-order valence-corrected chi connectivity index (χ2v) is 6.64. The van der Waals surface area contributed by atoms with E-state index in [0.717, 1.165) is 17.7 Å². The predicted octanol–water partition coefficient (Wildman–Crippen LogP) is 3.89. The SMILES string of the molecule is CC(C)c1ccc(S(=O)(=O)Nc2ccc(F)cc2F)cc1. The van der Waals surface area contributed by atoms with Gasteiger partial charge in [0.2, 0.25) is 0 Å². The van der Waals surface area contributed by atoms with Crippen LogP contribution in [0, 0.1) is 11.6 Å². The molecule has 21 heavy (non-hydrogen) atoms. The maximum absolute atomic E-state index is 13.5. The van der Waals surface area contributed by atoms with Gasteiger partial charge in [0.25, 0.3) is 10.0 Å². The van der Waals surface area contributed by atoms with Gasteiger partial charge in [-0.2, -0.15) is 0 Å². The molecule has 0 atom stereocenters. The van der Waals surface area contributed by atoms with Crippen LogP contribution in [-0.4, -0.2) is 8.42 Å². The molecule has 0 amide bonds. The van der Waals surface area contributed by atoms with E-state index in [2.05, 4.69) is 4.72 Å². The fourth-order valence-electron chi connectivity index (χ4n) is 1.81. The number of sulfonamides is 1. The van der Waals surface area contributed by atoms with E-state index in [1.54, 1.807) is 12.1 Å². The lowest BCUT2D eigenvalue weighted by Gasteiger charge is -2.10. The van der Waals surface area contributed by atoms with Crippen LogP contribution < -0.4 is 4.72 Å². The van der Waals surface area contributed by atoms with Gasteiger partial charge in [-0.25, -0.2) is 17.2 Å². The zero-order valence-electron chi connectivity index (χ0n) is 11.6. The van der Waals surface area contributed by atoms with Gasteiger partial charge in [0, 0.05) is 6.07 Å². The van der Waals surface area contributed by atoms with Crippen molar-refractivity contribution in [1.29, 1.82) is 0 Å². The molecule has 0 fully saturated rings. The average molecular weight is 311 g/mol. The molecule has 0 radical (unpaired) electrons. The van der Waals surface area contributed by atoms with Gasteiger partial charge in [0.1, 0.15) is 11.6 Å². The Hall–Kier alpha value is -1.95. The number of hydrogen-bond donors (Lipinski definition) is 1. The Balaban J connectivity index is 2.29. The first-order valence-corrected chi connectivity index (χ1v) is 7.86. The summed E-state index contributed by atoms with van der Waals surface area (Å²) in [6, 6.07) is 8.99. The van der Waals surface area contributed by atoms with Crippen molar-refractivity contribution in [2.24, 2.45) is 0 Å². The highest BCUT2D eigenvalue weighted by Gasteiger charge is 2.16. The lowest BCUT2D eigenvalue weighted by molar-refractivity contribution is 0.583. The maximum Gasteiger partial charge on any atom is 0.261 e. The smallest absolute Gasteiger partial charge is 0.261 e. The minimum Gasteiger partial charge on any atom is -0.277 e. The first-order chi connectivity index (χ1) is 9.79. The Bertz CT molecular complexity index is 741. The molecular weight excluding hydrogens is 296 g/mol. The van der Waals surface area contributed by atoms with Gasteiger partial charge in [-0.05, 0) is 35.7 Å². The molecule has 0 saturated heterocycles. The lowest BCUT2D eigenvalue weighted by atomic mass is 10.0. The van der Waals surface area contributed by atoms with Gasteiger partial charge in [-0.15, -0.1) is 0 Å². The molecule has 112 valence electrons. The van der Waals surface area contributed by atoms with Crippen molar-refractivity contribution >= 4 is 15.7 Å². The van der Waals surface area contributed by atoms with Gasteiger partial charge in [-0.3, -0.25) is 4.72 Å². The zero-order chi connectivity index (χ0) is 15.6. The Morgan fingerprint density at radius 3 is 2.14 bits per heavy atom. The molecule has 0 saturated carbocycles. The second kappa shape index (κ2) is 5.81. The standard InChI is InChI=1S/C15H15F2NO2S/c1-10(2)11-3-6-13(7-4-11)21(19,20)18-15-8-5-12(16)9-14(15)17/h3-10,18H,1-2H3. The topological polar surface area (TPSA) is 46.2 Å². The largest absolute Gasteiger partial charge is 0.277 e. The molecule has 0 unspecified atom stereocenters. The molecule has 6 heteroatoms. The number of halogens is 2. The summed E-state index contributed by atoms with van der Waals surface area (Å²) >= 11 is 0. The normalized spacial score (nSPS) is 11.7. The number of nitrogens with one attached hydrogen (secondary N) is 1. The number of rotatable bonds is 4. The quantitative estimate of drug-likeness (QED) is 0.931. The summed E-state index contributed by atoms with van der Waals surface area (Å²) in [4.78, 5) is 0.0237. The monoisotopic (exact) mass is 311 g/mol. The van der Waals surface area contributed by atoms with Crippen LogP contribution >= 0.6 is 0 Å². The highest BCUT2D eigenvalue weighted by atomic mass is 32.2. The third-order valence-electron chi connectivity index (χ3n) is 3.03. The van der Waals surface area contributed by atoms with E-state index >= 15 is 0 Å². The maximum atomic E-state index is 13.5. The van der Waals surface area contributed by atoms with Crippen LogP contribution in [0.4, 0.5) is 14.5 Å². The first kappa shape index (κ1) is 15.4. The van der Waals surface area contributed by atoms with Crippen LogP contribution in [0.2, 0.25) is 0 Å². The highest BCUT2D eigenvalue weighted by Crippen LogP contribution is 2.21. The summed E-state index contributed by atoms with van der Waals surface area (Å²) in [5.41, 5.74) is 0.714.